The van der Waals surface area contributed by atoms with E-state index in [9.17, 15) is 0 Å². The maximum atomic E-state index is 2.38. The van der Waals surface area contributed by atoms with Gasteiger partial charge in [-0.05, 0) is 275 Å². The van der Waals surface area contributed by atoms with Crippen molar-refractivity contribution in [3.8, 4) is 75.4 Å². The van der Waals surface area contributed by atoms with E-state index in [-0.39, 0.29) is 0 Å². The number of thiophene rings is 2. The van der Waals surface area contributed by atoms with Crippen LogP contribution in [0.2, 0.25) is 0 Å². The molecule has 4 heterocycles. The first-order chi connectivity index (χ1) is 58.5. The molecule has 8 heteroatoms. The Bertz CT molecular complexity index is 6660. The predicted octanol–water partition coefficient (Wildman–Crippen LogP) is 31.9. The Labute approximate surface area is 694 Å². The van der Waals surface area contributed by atoms with Crippen molar-refractivity contribution in [2.45, 2.75) is 0 Å². The van der Waals surface area contributed by atoms with Gasteiger partial charge in [0.2, 0.25) is 0 Å². The standard InChI is InChI=1S/C110H76N6S2/c1-7-23-79(24-8-1)107-71-73-109(117-107)81-43-53-91(54-44-81)113(95-61-57-93(58-62-95)111(85-27-11-3-12-28-85)89-49-39-77(40-50-89)83-47-69-105-101(75-83)99-35-19-21-37-103(99)115(105)87-31-15-5-16-32-87)97-65-67-98(68-66-97)114(92-55-45-82(46-56-92)110-74-72-108(118-110)80-25-9-2-10-26-80)96-63-59-94(60-64-96)112(86-29-13-4-14-30-86)90-51-41-78(42-52-90)84-48-70-106-102(76-84)100-36-20-22-38-104(100)116(106)88-33-17-6-18-34-88/h1-76H. The zero-order valence-corrected chi connectivity index (χ0v) is 66.0. The van der Waals surface area contributed by atoms with Crippen LogP contribution in [0.4, 0.5) is 68.2 Å². The molecule has 0 aliphatic heterocycles. The van der Waals surface area contributed by atoms with Gasteiger partial charge in [0.05, 0.1) is 22.1 Å². The average molecular weight is 1550 g/mol. The molecule has 558 valence electrons. The number of hydrogen-bond acceptors (Lipinski definition) is 6. The van der Waals surface area contributed by atoms with Crippen molar-refractivity contribution in [3.63, 3.8) is 0 Å². The largest absolute Gasteiger partial charge is 0.311 e. The minimum atomic E-state index is 1.02. The minimum absolute atomic E-state index is 1.02. The lowest BCUT2D eigenvalue weighted by molar-refractivity contribution is 1.18. The van der Waals surface area contributed by atoms with Gasteiger partial charge in [0.25, 0.3) is 0 Å². The zero-order valence-electron chi connectivity index (χ0n) is 64.4. The number of nitrogens with zero attached hydrogens (tertiary/aromatic N) is 6. The summed E-state index contributed by atoms with van der Waals surface area (Å²) in [6.45, 7) is 0. The fourth-order valence-electron chi connectivity index (χ4n) is 16.9. The maximum absolute atomic E-state index is 2.38. The van der Waals surface area contributed by atoms with Gasteiger partial charge in [-0.15, -0.1) is 22.7 Å². The first-order valence-electron chi connectivity index (χ1n) is 40.0. The molecule has 0 atom stereocenters. The molecule has 0 amide bonds. The molecular weight excluding hydrogens is 1470 g/mol. The van der Waals surface area contributed by atoms with E-state index in [0.717, 1.165) is 90.8 Å². The lowest BCUT2D eigenvalue weighted by atomic mass is 10.0. The summed E-state index contributed by atoms with van der Waals surface area (Å²) in [5, 5.41) is 4.93. The number of hydrogen-bond donors (Lipinski definition) is 0. The molecule has 0 aliphatic carbocycles. The molecule has 0 saturated carbocycles. The van der Waals surface area contributed by atoms with Gasteiger partial charge in [-0.2, -0.15) is 0 Å². The smallest absolute Gasteiger partial charge is 0.0541 e. The average Bonchev–Trinajstić information content (AvgIpc) is 1.62. The Morgan fingerprint density at radius 1 is 0.144 bits per heavy atom. The fraction of sp³-hybridized carbons (Fsp3) is 0. The van der Waals surface area contributed by atoms with Crippen molar-refractivity contribution in [2.75, 3.05) is 19.6 Å². The van der Waals surface area contributed by atoms with Crippen molar-refractivity contribution in [2.24, 2.45) is 0 Å². The first-order valence-corrected chi connectivity index (χ1v) is 41.6. The van der Waals surface area contributed by atoms with E-state index in [2.05, 4.69) is 490 Å². The second-order valence-corrected chi connectivity index (χ2v) is 31.8. The van der Waals surface area contributed by atoms with Crippen LogP contribution in [-0.4, -0.2) is 9.13 Å². The Morgan fingerprint density at radius 2 is 0.347 bits per heavy atom. The Morgan fingerprint density at radius 3 is 0.636 bits per heavy atom. The van der Waals surface area contributed by atoms with Crippen LogP contribution in [0.5, 0.6) is 0 Å². The summed E-state index contributed by atoms with van der Waals surface area (Å²) in [5.74, 6) is 0. The normalized spacial score (nSPS) is 11.4. The van der Waals surface area contributed by atoms with Gasteiger partial charge >= 0.3 is 0 Å². The second-order valence-electron chi connectivity index (χ2n) is 29.6. The molecule has 0 fully saturated rings. The van der Waals surface area contributed by atoms with Crippen molar-refractivity contribution in [1.82, 2.24) is 9.13 Å². The summed E-state index contributed by atoms with van der Waals surface area (Å²) in [7, 11) is 0. The summed E-state index contributed by atoms with van der Waals surface area (Å²) >= 11 is 3.64. The third-order valence-electron chi connectivity index (χ3n) is 22.6. The first kappa shape index (κ1) is 70.8. The highest BCUT2D eigenvalue weighted by Crippen LogP contribution is 2.47. The molecule has 21 rings (SSSR count). The number of aromatic nitrogens is 2. The summed E-state index contributed by atoms with van der Waals surface area (Å²) in [6, 6.07) is 168. The molecule has 0 saturated heterocycles. The summed E-state index contributed by atoms with van der Waals surface area (Å²) in [4.78, 5) is 14.4. The highest BCUT2D eigenvalue weighted by Gasteiger charge is 2.23. The topological polar surface area (TPSA) is 22.8 Å². The number of rotatable bonds is 20. The minimum Gasteiger partial charge on any atom is -0.311 e. The second kappa shape index (κ2) is 31.0. The molecule has 0 aliphatic rings. The highest BCUT2D eigenvalue weighted by molar-refractivity contribution is 7.19. The van der Waals surface area contributed by atoms with E-state index in [0.29, 0.717) is 0 Å². The van der Waals surface area contributed by atoms with E-state index >= 15 is 0 Å². The maximum Gasteiger partial charge on any atom is 0.0541 e. The summed E-state index contributed by atoms with van der Waals surface area (Å²) < 4.78 is 4.75. The Balaban J connectivity index is 0.628. The molecule has 118 heavy (non-hydrogen) atoms. The number of benzene rings is 17. The van der Waals surface area contributed by atoms with Crippen LogP contribution in [0.15, 0.2) is 461 Å². The summed E-state index contributed by atoms with van der Waals surface area (Å²) in [5.41, 5.74) is 29.0. The number of para-hydroxylation sites is 6. The quantitative estimate of drug-likeness (QED) is 0.0758. The lowest BCUT2D eigenvalue weighted by Gasteiger charge is -2.30. The Hall–Kier alpha value is -15.1. The van der Waals surface area contributed by atoms with Gasteiger partial charge in [0.1, 0.15) is 0 Å². The van der Waals surface area contributed by atoms with Crippen LogP contribution in [0, 0.1) is 0 Å². The van der Waals surface area contributed by atoms with Crippen LogP contribution < -0.4 is 19.6 Å². The van der Waals surface area contributed by atoms with Crippen LogP contribution >= 0.6 is 22.7 Å². The SMILES string of the molecule is c1ccc(-c2ccc(-c3ccc(N(c4ccc(N(c5ccccc5)c5ccc(-c6ccc7c(c6)c6ccccc6n7-c6ccccc6)cc5)cc4)c4ccc(N(c5ccc(-c6ccc(-c7ccccc7)s6)cc5)c5ccc(N(c6ccccc6)c6ccc(-c7ccc8c(c7)c7ccccc7n8-c7ccccc7)cc6)cc5)cc4)cc3)s2)cc1. The van der Waals surface area contributed by atoms with E-state index in [1.807, 2.05) is 22.7 Å². The van der Waals surface area contributed by atoms with E-state index in [1.165, 1.54) is 96.5 Å². The fourth-order valence-corrected chi connectivity index (χ4v) is 18.9. The van der Waals surface area contributed by atoms with E-state index in [4.69, 9.17) is 0 Å². The van der Waals surface area contributed by atoms with Crippen molar-refractivity contribution < 1.29 is 0 Å². The molecule has 0 bridgehead atoms. The lowest BCUT2D eigenvalue weighted by Crippen LogP contribution is -2.13. The zero-order chi connectivity index (χ0) is 78.2. The number of anilines is 12. The van der Waals surface area contributed by atoms with Gasteiger partial charge < -0.3 is 28.7 Å². The third-order valence-corrected chi connectivity index (χ3v) is 24.9. The van der Waals surface area contributed by atoms with Gasteiger partial charge in [-0.3, -0.25) is 0 Å². The van der Waals surface area contributed by atoms with Gasteiger partial charge in [0, 0.05) is 121 Å². The molecule has 4 aromatic heterocycles. The van der Waals surface area contributed by atoms with Crippen molar-refractivity contribution >= 4 is 135 Å². The van der Waals surface area contributed by atoms with Gasteiger partial charge in [-0.1, -0.05) is 231 Å². The van der Waals surface area contributed by atoms with Gasteiger partial charge in [-0.25, -0.2) is 0 Å². The van der Waals surface area contributed by atoms with Crippen molar-refractivity contribution in [1.29, 1.82) is 0 Å². The Kier molecular flexibility index (Phi) is 18.6. The van der Waals surface area contributed by atoms with Crippen LogP contribution in [0.25, 0.3) is 119 Å². The number of fused-ring (bicyclic) bond motifs is 6. The molecular formula is C110H76N6S2. The molecule has 0 radical (unpaired) electrons. The van der Waals surface area contributed by atoms with E-state index in [1.54, 1.807) is 0 Å². The van der Waals surface area contributed by atoms with Gasteiger partial charge in [0.15, 0.2) is 0 Å². The van der Waals surface area contributed by atoms with Crippen LogP contribution in [0.3, 0.4) is 0 Å². The van der Waals surface area contributed by atoms with Crippen LogP contribution in [0.1, 0.15) is 0 Å². The van der Waals surface area contributed by atoms with Crippen molar-refractivity contribution in [3.05, 3.63) is 461 Å². The van der Waals surface area contributed by atoms with Crippen LogP contribution in [-0.2, 0) is 0 Å². The highest BCUT2D eigenvalue weighted by atomic mass is 32.1. The molecule has 6 nitrogen and oxygen atoms in total. The molecule has 17 aromatic carbocycles. The third kappa shape index (κ3) is 13.5. The summed E-state index contributed by atoms with van der Waals surface area (Å²) in [6.07, 6.45) is 0. The molecule has 0 unspecified atom stereocenters. The van der Waals surface area contributed by atoms with E-state index < -0.39 is 0 Å². The molecule has 21 aromatic rings. The monoisotopic (exact) mass is 1540 g/mol. The predicted molar refractivity (Wildman–Crippen MR) is 502 cm³/mol. The molecule has 0 spiro atoms. The molecule has 0 N–H and O–H groups in total.